The summed E-state index contributed by atoms with van der Waals surface area (Å²) in [5, 5.41) is 22.3. The first-order valence-corrected chi connectivity index (χ1v) is 9.16. The van der Waals surface area contributed by atoms with Crippen LogP contribution >= 0.6 is 23.4 Å². The van der Waals surface area contributed by atoms with Gasteiger partial charge in [-0.3, -0.25) is 19.7 Å². The lowest BCUT2D eigenvalue weighted by Crippen LogP contribution is -2.15. The molecule has 0 aliphatic rings. The number of hydrogen-bond acceptors (Lipinski definition) is 7. The van der Waals surface area contributed by atoms with Crippen LogP contribution in [0.5, 0.6) is 0 Å². The quantitative estimate of drug-likeness (QED) is 0.449. The minimum Gasteiger partial charge on any atom is -0.366 e. The Hall–Kier alpha value is -3.44. The van der Waals surface area contributed by atoms with Gasteiger partial charge >= 0.3 is 0 Å². The second-order valence-corrected chi connectivity index (χ2v) is 7.20. The summed E-state index contributed by atoms with van der Waals surface area (Å²) < 4.78 is 1.62. The number of halogens is 1. The maximum atomic E-state index is 12.5. The van der Waals surface area contributed by atoms with Crippen LogP contribution in [0, 0.1) is 10.1 Å². The SMILES string of the molecule is Cn1cnnc1Sc1ccc(C(=O)Nc2ccc(Cl)c(C(N)=O)c2)cc1[N+](=O)[O-]. The smallest absolute Gasteiger partial charge is 0.284 e. The molecule has 0 aliphatic heterocycles. The summed E-state index contributed by atoms with van der Waals surface area (Å²) in [4.78, 5) is 35.1. The number of nitrogens with two attached hydrogens (primary N) is 1. The summed E-state index contributed by atoms with van der Waals surface area (Å²) in [7, 11) is 1.71. The molecule has 29 heavy (non-hydrogen) atoms. The van der Waals surface area contributed by atoms with Crippen molar-refractivity contribution in [2.75, 3.05) is 5.32 Å². The number of aromatic nitrogens is 3. The number of nitrogens with one attached hydrogen (secondary N) is 1. The number of hydrogen-bond donors (Lipinski definition) is 2. The van der Waals surface area contributed by atoms with Gasteiger partial charge in [0.1, 0.15) is 6.33 Å². The van der Waals surface area contributed by atoms with Crippen molar-refractivity contribution in [1.29, 1.82) is 0 Å². The number of carbonyl (C=O) groups is 2. The number of carbonyl (C=O) groups excluding carboxylic acids is 2. The van der Waals surface area contributed by atoms with Crippen LogP contribution in [0.1, 0.15) is 20.7 Å². The fraction of sp³-hybridized carbons (Fsp3) is 0.0588. The molecule has 12 heteroatoms. The van der Waals surface area contributed by atoms with E-state index in [2.05, 4.69) is 15.5 Å². The molecule has 2 aromatic carbocycles. The van der Waals surface area contributed by atoms with Gasteiger partial charge in [0, 0.05) is 24.4 Å². The highest BCUT2D eigenvalue weighted by Gasteiger charge is 2.20. The van der Waals surface area contributed by atoms with Crippen LogP contribution in [0.25, 0.3) is 0 Å². The molecule has 2 amide bonds. The van der Waals surface area contributed by atoms with Crippen LogP contribution in [0.15, 0.2) is 52.8 Å². The van der Waals surface area contributed by atoms with Crippen molar-refractivity contribution in [2.45, 2.75) is 10.1 Å². The Balaban J connectivity index is 1.87. The zero-order chi connectivity index (χ0) is 21.1. The number of nitro benzene ring substituents is 1. The van der Waals surface area contributed by atoms with Gasteiger partial charge < -0.3 is 15.6 Å². The minimum absolute atomic E-state index is 0.0471. The van der Waals surface area contributed by atoms with Gasteiger partial charge in [-0.1, -0.05) is 11.6 Å². The molecule has 1 aromatic heterocycles. The van der Waals surface area contributed by atoms with Crippen LogP contribution in [0.3, 0.4) is 0 Å². The van der Waals surface area contributed by atoms with E-state index < -0.39 is 16.7 Å². The van der Waals surface area contributed by atoms with Gasteiger partial charge in [0.25, 0.3) is 11.6 Å². The van der Waals surface area contributed by atoms with Crippen molar-refractivity contribution in [2.24, 2.45) is 12.8 Å². The van der Waals surface area contributed by atoms with E-state index in [0.717, 1.165) is 11.8 Å². The molecule has 0 bridgehead atoms. The van der Waals surface area contributed by atoms with Crippen LogP contribution in [-0.2, 0) is 7.05 Å². The van der Waals surface area contributed by atoms with Gasteiger partial charge in [-0.15, -0.1) is 10.2 Å². The van der Waals surface area contributed by atoms with Crippen molar-refractivity contribution in [3.8, 4) is 0 Å². The molecule has 0 spiro atoms. The summed E-state index contributed by atoms with van der Waals surface area (Å²) in [6, 6.07) is 8.31. The van der Waals surface area contributed by atoms with Gasteiger partial charge in [0.15, 0.2) is 5.16 Å². The second kappa shape index (κ2) is 8.29. The Morgan fingerprint density at radius 1 is 1.28 bits per heavy atom. The van der Waals surface area contributed by atoms with Crippen LogP contribution < -0.4 is 11.1 Å². The summed E-state index contributed by atoms with van der Waals surface area (Å²) >= 11 is 6.94. The van der Waals surface area contributed by atoms with Crippen molar-refractivity contribution in [3.63, 3.8) is 0 Å². The highest BCUT2D eigenvalue weighted by atomic mass is 35.5. The van der Waals surface area contributed by atoms with Crippen LogP contribution in [0.2, 0.25) is 5.02 Å². The third-order valence-electron chi connectivity index (χ3n) is 3.78. The predicted octanol–water partition coefficient (Wildman–Crippen LogP) is 2.88. The highest BCUT2D eigenvalue weighted by molar-refractivity contribution is 7.99. The molecule has 0 atom stereocenters. The maximum absolute atomic E-state index is 12.5. The van der Waals surface area contributed by atoms with E-state index in [0.29, 0.717) is 10.1 Å². The largest absolute Gasteiger partial charge is 0.366 e. The Bertz CT molecular complexity index is 1130. The number of primary amides is 1. The molecule has 0 fully saturated rings. The molecule has 3 aromatic rings. The minimum atomic E-state index is -0.744. The summed E-state index contributed by atoms with van der Waals surface area (Å²) in [5.41, 5.74) is 5.37. The number of amides is 2. The number of nitro groups is 1. The van der Waals surface area contributed by atoms with E-state index in [1.807, 2.05) is 0 Å². The molecular formula is C17H13ClN6O4S. The number of aryl methyl sites for hydroxylation is 1. The zero-order valence-corrected chi connectivity index (χ0v) is 16.4. The van der Waals surface area contributed by atoms with Crippen molar-refractivity contribution < 1.29 is 14.5 Å². The van der Waals surface area contributed by atoms with E-state index in [1.54, 1.807) is 11.6 Å². The molecule has 0 aliphatic carbocycles. The normalized spacial score (nSPS) is 10.6. The van der Waals surface area contributed by atoms with Gasteiger partial charge in [0.05, 0.1) is 20.4 Å². The number of nitrogens with zero attached hydrogens (tertiary/aromatic N) is 4. The van der Waals surface area contributed by atoms with Gasteiger partial charge in [-0.25, -0.2) is 0 Å². The molecule has 0 radical (unpaired) electrons. The number of rotatable bonds is 6. The lowest BCUT2D eigenvalue weighted by Gasteiger charge is -2.09. The number of anilines is 1. The standard InChI is InChI=1S/C17H13ClN6O4S/c1-23-8-20-22-17(23)29-14-5-2-9(6-13(14)24(27)28)16(26)21-10-3-4-12(18)11(7-10)15(19)25/h2-8H,1H3,(H2,19,25)(H,21,26). The molecule has 0 saturated carbocycles. The zero-order valence-electron chi connectivity index (χ0n) is 14.8. The van der Waals surface area contributed by atoms with E-state index >= 15 is 0 Å². The first-order valence-electron chi connectivity index (χ1n) is 7.97. The van der Waals surface area contributed by atoms with E-state index in [-0.39, 0.29) is 27.5 Å². The fourth-order valence-electron chi connectivity index (χ4n) is 2.35. The molecule has 3 rings (SSSR count). The lowest BCUT2D eigenvalue weighted by atomic mass is 10.1. The molecule has 148 valence electrons. The number of benzene rings is 2. The Kier molecular flexibility index (Phi) is 5.80. The average Bonchev–Trinajstić information content (AvgIpc) is 3.07. The van der Waals surface area contributed by atoms with Gasteiger partial charge in [-0.2, -0.15) is 0 Å². The molecule has 0 saturated heterocycles. The molecule has 1 heterocycles. The van der Waals surface area contributed by atoms with Crippen LogP contribution in [-0.4, -0.2) is 31.5 Å². The lowest BCUT2D eigenvalue weighted by molar-refractivity contribution is -0.387. The third-order valence-corrected chi connectivity index (χ3v) is 5.23. The van der Waals surface area contributed by atoms with Crippen LogP contribution in [0.4, 0.5) is 11.4 Å². The third kappa shape index (κ3) is 4.52. The Morgan fingerprint density at radius 2 is 2.03 bits per heavy atom. The van der Waals surface area contributed by atoms with E-state index in [4.69, 9.17) is 17.3 Å². The van der Waals surface area contributed by atoms with E-state index in [1.165, 1.54) is 42.7 Å². The van der Waals surface area contributed by atoms with E-state index in [9.17, 15) is 19.7 Å². The monoisotopic (exact) mass is 432 g/mol. The second-order valence-electron chi connectivity index (χ2n) is 5.78. The highest BCUT2D eigenvalue weighted by Crippen LogP contribution is 2.34. The predicted molar refractivity (Wildman–Crippen MR) is 106 cm³/mol. The Labute approximate surface area is 173 Å². The molecule has 10 nitrogen and oxygen atoms in total. The van der Waals surface area contributed by atoms with Gasteiger partial charge in [-0.05, 0) is 42.1 Å². The molecule has 3 N–H and O–H groups in total. The van der Waals surface area contributed by atoms with Gasteiger partial charge in [0.2, 0.25) is 5.91 Å². The Morgan fingerprint density at radius 3 is 2.66 bits per heavy atom. The summed E-state index contributed by atoms with van der Waals surface area (Å²) in [6.07, 6.45) is 1.47. The fourth-order valence-corrected chi connectivity index (χ4v) is 3.41. The van der Waals surface area contributed by atoms with Crippen molar-refractivity contribution in [1.82, 2.24) is 14.8 Å². The average molecular weight is 433 g/mol. The maximum Gasteiger partial charge on any atom is 0.284 e. The summed E-state index contributed by atoms with van der Waals surface area (Å²) in [6.45, 7) is 0. The molecular weight excluding hydrogens is 420 g/mol. The topological polar surface area (TPSA) is 146 Å². The first kappa shape index (κ1) is 20.3. The van der Waals surface area contributed by atoms with Crippen molar-refractivity contribution >= 4 is 46.6 Å². The molecule has 0 unspecified atom stereocenters. The summed E-state index contributed by atoms with van der Waals surface area (Å²) in [5.74, 6) is -1.34. The first-order chi connectivity index (χ1) is 13.8. The van der Waals surface area contributed by atoms with Crippen molar-refractivity contribution in [3.05, 3.63) is 69.0 Å².